The van der Waals surface area contributed by atoms with Gasteiger partial charge >= 0.3 is 0 Å². The Morgan fingerprint density at radius 1 is 1.64 bits per heavy atom. The highest BCUT2D eigenvalue weighted by Gasteiger charge is 2.00. The van der Waals surface area contributed by atoms with E-state index in [1.807, 2.05) is 0 Å². The Morgan fingerprint density at radius 2 is 2.45 bits per heavy atom. The van der Waals surface area contributed by atoms with Gasteiger partial charge in [-0.25, -0.2) is 0 Å². The second-order valence-electron chi connectivity index (χ2n) is 2.22. The number of nitrogens with one attached hydrogen (secondary N) is 1. The molecule has 62 valence electrons. The Hall–Kier alpha value is -1.10. The van der Waals surface area contributed by atoms with Crippen molar-refractivity contribution >= 4 is 5.95 Å². The highest BCUT2D eigenvalue weighted by atomic mass is 16.5. The Labute approximate surface area is 65.0 Å². The third-order valence-electron chi connectivity index (χ3n) is 1.19. The van der Waals surface area contributed by atoms with Crippen LogP contribution in [-0.4, -0.2) is 16.7 Å². The van der Waals surface area contributed by atoms with Gasteiger partial charge in [0.25, 0.3) is 5.95 Å². The molecule has 0 saturated carbocycles. The minimum Gasteiger partial charge on any atom is -0.365 e. The summed E-state index contributed by atoms with van der Waals surface area (Å²) in [7, 11) is 0. The standard InChI is InChI=1S/C6H12N4O/c1-2-3-8-4-5-9-6(7)10-11-5/h8H,2-4H2,1H3,(H2,7,10). The van der Waals surface area contributed by atoms with E-state index in [1.165, 1.54) is 0 Å². The smallest absolute Gasteiger partial charge is 0.260 e. The molecule has 0 aliphatic heterocycles. The molecule has 0 saturated heterocycles. The summed E-state index contributed by atoms with van der Waals surface area (Å²) >= 11 is 0. The van der Waals surface area contributed by atoms with Gasteiger partial charge in [0, 0.05) is 0 Å². The van der Waals surface area contributed by atoms with Gasteiger partial charge in [-0.1, -0.05) is 6.92 Å². The lowest BCUT2D eigenvalue weighted by Crippen LogP contribution is -2.13. The maximum absolute atomic E-state index is 5.24. The van der Waals surface area contributed by atoms with E-state index in [4.69, 9.17) is 10.3 Å². The molecule has 0 atom stereocenters. The largest absolute Gasteiger partial charge is 0.365 e. The van der Waals surface area contributed by atoms with Crippen LogP contribution < -0.4 is 11.1 Å². The molecular formula is C6H12N4O. The average Bonchev–Trinajstić information content (AvgIpc) is 2.37. The lowest BCUT2D eigenvalue weighted by molar-refractivity contribution is 0.368. The fourth-order valence-electron chi connectivity index (χ4n) is 0.712. The Balaban J connectivity index is 2.27. The lowest BCUT2D eigenvalue weighted by Gasteiger charge is -1.95. The minimum atomic E-state index is 0.193. The van der Waals surface area contributed by atoms with Crippen LogP contribution in [0.25, 0.3) is 0 Å². The van der Waals surface area contributed by atoms with Gasteiger partial charge in [-0.05, 0) is 18.1 Å². The van der Waals surface area contributed by atoms with Crippen molar-refractivity contribution in [3.05, 3.63) is 5.89 Å². The van der Waals surface area contributed by atoms with Gasteiger partial charge in [0.2, 0.25) is 5.89 Å². The van der Waals surface area contributed by atoms with Gasteiger partial charge in [-0.2, -0.15) is 4.98 Å². The molecule has 1 aromatic heterocycles. The van der Waals surface area contributed by atoms with Crippen LogP contribution in [0.4, 0.5) is 5.95 Å². The molecule has 0 spiro atoms. The first kappa shape index (κ1) is 8.00. The van der Waals surface area contributed by atoms with Gasteiger partial charge in [0.1, 0.15) is 0 Å². The van der Waals surface area contributed by atoms with Gasteiger partial charge in [0.15, 0.2) is 0 Å². The van der Waals surface area contributed by atoms with Crippen molar-refractivity contribution in [2.24, 2.45) is 0 Å². The first-order valence-electron chi connectivity index (χ1n) is 3.61. The molecule has 11 heavy (non-hydrogen) atoms. The first-order valence-corrected chi connectivity index (χ1v) is 3.61. The molecule has 0 aliphatic carbocycles. The number of nitrogen functional groups attached to an aromatic ring is 1. The van der Waals surface area contributed by atoms with Crippen molar-refractivity contribution < 1.29 is 4.52 Å². The number of nitrogens with two attached hydrogens (primary N) is 1. The molecule has 0 amide bonds. The number of aromatic nitrogens is 2. The lowest BCUT2D eigenvalue weighted by atomic mass is 10.5. The summed E-state index contributed by atoms with van der Waals surface area (Å²) in [6.07, 6.45) is 1.09. The van der Waals surface area contributed by atoms with E-state index in [0.29, 0.717) is 12.4 Å². The van der Waals surface area contributed by atoms with E-state index in [0.717, 1.165) is 13.0 Å². The average molecular weight is 156 g/mol. The molecule has 0 bridgehead atoms. The quantitative estimate of drug-likeness (QED) is 0.607. The van der Waals surface area contributed by atoms with Crippen molar-refractivity contribution in [3.8, 4) is 0 Å². The van der Waals surface area contributed by atoms with Gasteiger partial charge in [0.05, 0.1) is 6.54 Å². The monoisotopic (exact) mass is 156 g/mol. The fourth-order valence-corrected chi connectivity index (χ4v) is 0.712. The number of hydrogen-bond donors (Lipinski definition) is 2. The minimum absolute atomic E-state index is 0.193. The van der Waals surface area contributed by atoms with Crippen LogP contribution in [0.5, 0.6) is 0 Å². The summed E-state index contributed by atoms with van der Waals surface area (Å²) in [5, 5.41) is 6.56. The molecule has 1 heterocycles. The van der Waals surface area contributed by atoms with E-state index in [9.17, 15) is 0 Å². The zero-order valence-electron chi connectivity index (χ0n) is 6.50. The van der Waals surface area contributed by atoms with Crippen molar-refractivity contribution in [3.63, 3.8) is 0 Å². The maximum Gasteiger partial charge on any atom is 0.260 e. The predicted octanol–water partition coefficient (Wildman–Crippen LogP) is 0.151. The number of anilines is 1. The van der Waals surface area contributed by atoms with Gasteiger partial charge in [-0.3, -0.25) is 0 Å². The Morgan fingerprint density at radius 3 is 3.00 bits per heavy atom. The van der Waals surface area contributed by atoms with Crippen molar-refractivity contribution in [1.82, 2.24) is 15.5 Å². The van der Waals surface area contributed by atoms with E-state index in [2.05, 4.69) is 22.4 Å². The first-order chi connectivity index (χ1) is 5.33. The van der Waals surface area contributed by atoms with Crippen LogP contribution in [0.2, 0.25) is 0 Å². The van der Waals surface area contributed by atoms with Crippen molar-refractivity contribution in [2.45, 2.75) is 19.9 Å². The summed E-state index contributed by atoms with van der Waals surface area (Å²) in [6.45, 7) is 3.63. The Kier molecular flexibility index (Phi) is 2.85. The summed E-state index contributed by atoms with van der Waals surface area (Å²) in [4.78, 5) is 3.82. The molecule has 5 nitrogen and oxygen atoms in total. The SMILES string of the molecule is CCCNCc1nc(N)no1. The summed E-state index contributed by atoms with van der Waals surface area (Å²) in [6, 6.07) is 0. The predicted molar refractivity (Wildman–Crippen MR) is 40.7 cm³/mol. The summed E-state index contributed by atoms with van der Waals surface area (Å²) < 4.78 is 4.76. The van der Waals surface area contributed by atoms with Crippen molar-refractivity contribution in [2.75, 3.05) is 12.3 Å². The zero-order chi connectivity index (χ0) is 8.10. The topological polar surface area (TPSA) is 77.0 Å². The number of nitrogens with zero attached hydrogens (tertiary/aromatic N) is 2. The van der Waals surface area contributed by atoms with E-state index in [1.54, 1.807) is 0 Å². The molecule has 0 aliphatic rings. The van der Waals surface area contributed by atoms with E-state index < -0.39 is 0 Å². The van der Waals surface area contributed by atoms with Crippen LogP contribution in [-0.2, 0) is 6.54 Å². The third-order valence-corrected chi connectivity index (χ3v) is 1.19. The second-order valence-corrected chi connectivity index (χ2v) is 2.22. The summed E-state index contributed by atoms with van der Waals surface area (Å²) in [5.74, 6) is 0.731. The molecule has 1 rings (SSSR count). The second kappa shape index (κ2) is 3.92. The van der Waals surface area contributed by atoms with E-state index in [-0.39, 0.29) is 5.95 Å². The van der Waals surface area contributed by atoms with Gasteiger partial charge in [-0.15, -0.1) is 0 Å². The molecule has 0 aromatic carbocycles. The highest BCUT2D eigenvalue weighted by molar-refractivity contribution is 5.10. The van der Waals surface area contributed by atoms with Crippen LogP contribution in [0.1, 0.15) is 19.2 Å². The van der Waals surface area contributed by atoms with Gasteiger partial charge < -0.3 is 15.6 Å². The van der Waals surface area contributed by atoms with Crippen LogP contribution in [0.3, 0.4) is 0 Å². The zero-order valence-corrected chi connectivity index (χ0v) is 6.50. The number of rotatable bonds is 4. The van der Waals surface area contributed by atoms with Crippen LogP contribution >= 0.6 is 0 Å². The molecule has 1 aromatic rings. The molecule has 0 unspecified atom stereocenters. The Bertz CT molecular complexity index is 210. The summed E-state index contributed by atoms with van der Waals surface area (Å²) in [5.41, 5.74) is 5.24. The third kappa shape index (κ3) is 2.55. The van der Waals surface area contributed by atoms with E-state index >= 15 is 0 Å². The van der Waals surface area contributed by atoms with Crippen molar-refractivity contribution in [1.29, 1.82) is 0 Å². The van der Waals surface area contributed by atoms with Crippen LogP contribution in [0.15, 0.2) is 4.52 Å². The fraction of sp³-hybridized carbons (Fsp3) is 0.667. The maximum atomic E-state index is 5.24. The molecular weight excluding hydrogens is 144 g/mol. The highest BCUT2D eigenvalue weighted by Crippen LogP contribution is 1.96. The normalized spacial score (nSPS) is 10.3. The molecule has 3 N–H and O–H groups in total. The molecule has 0 radical (unpaired) electrons. The number of hydrogen-bond acceptors (Lipinski definition) is 5. The molecule has 0 fully saturated rings. The van der Waals surface area contributed by atoms with Crippen LogP contribution in [0, 0.1) is 0 Å². The molecule has 5 heteroatoms.